The van der Waals surface area contributed by atoms with Gasteiger partial charge in [-0.05, 0) is 24.6 Å². The Labute approximate surface area is 145 Å². The number of carbonyl (C=O) groups excluding carboxylic acids is 1. The van der Waals surface area contributed by atoms with Gasteiger partial charge in [0.25, 0.3) is 11.5 Å². The van der Waals surface area contributed by atoms with E-state index in [2.05, 4.69) is 10.4 Å². The summed E-state index contributed by atoms with van der Waals surface area (Å²) in [6.07, 6.45) is 0. The lowest BCUT2D eigenvalue weighted by Gasteiger charge is -2.11. The van der Waals surface area contributed by atoms with Gasteiger partial charge in [-0.1, -0.05) is 36.4 Å². The number of rotatable bonds is 5. The van der Waals surface area contributed by atoms with Crippen molar-refractivity contribution in [2.75, 3.05) is 6.61 Å². The number of hydrogen-bond donors (Lipinski definition) is 1. The number of carbonyl (C=O) groups is 1. The van der Waals surface area contributed by atoms with Crippen molar-refractivity contribution in [3.8, 4) is 5.75 Å². The number of aryl methyl sites for hydroxylation is 2. The van der Waals surface area contributed by atoms with Gasteiger partial charge in [-0.2, -0.15) is 5.10 Å². The van der Waals surface area contributed by atoms with E-state index in [1.807, 2.05) is 49.4 Å². The van der Waals surface area contributed by atoms with Gasteiger partial charge in [0.05, 0.1) is 17.6 Å². The second kappa shape index (κ2) is 7.17. The Hall–Kier alpha value is -3.15. The fourth-order valence-corrected chi connectivity index (χ4v) is 2.60. The van der Waals surface area contributed by atoms with Crippen molar-refractivity contribution in [2.45, 2.75) is 13.5 Å². The first-order chi connectivity index (χ1) is 12.1. The SMILES string of the molecule is Cc1ccccc1OCC(=O)NCc1nn(C)c(=O)c2ccccc12. The van der Waals surface area contributed by atoms with Gasteiger partial charge in [-0.3, -0.25) is 9.59 Å². The number of aromatic nitrogens is 2. The molecule has 0 fully saturated rings. The van der Waals surface area contributed by atoms with E-state index in [0.29, 0.717) is 16.8 Å². The molecule has 6 nitrogen and oxygen atoms in total. The normalized spacial score (nSPS) is 10.6. The molecular formula is C19H19N3O3. The summed E-state index contributed by atoms with van der Waals surface area (Å²) < 4.78 is 6.82. The highest BCUT2D eigenvalue weighted by atomic mass is 16.5. The third kappa shape index (κ3) is 3.68. The molecule has 1 aromatic heterocycles. The maximum absolute atomic E-state index is 12.1. The average Bonchev–Trinajstić information content (AvgIpc) is 2.63. The molecule has 128 valence electrons. The molecule has 1 N–H and O–H groups in total. The van der Waals surface area contributed by atoms with Crippen LogP contribution >= 0.6 is 0 Å². The molecular weight excluding hydrogens is 318 g/mol. The third-order valence-electron chi connectivity index (χ3n) is 3.94. The van der Waals surface area contributed by atoms with Gasteiger partial charge in [-0.25, -0.2) is 4.68 Å². The minimum atomic E-state index is -0.247. The van der Waals surface area contributed by atoms with E-state index in [0.717, 1.165) is 10.9 Å². The number of hydrogen-bond acceptors (Lipinski definition) is 4. The Morgan fingerprint density at radius 1 is 1.12 bits per heavy atom. The summed E-state index contributed by atoms with van der Waals surface area (Å²) in [6.45, 7) is 2.08. The summed E-state index contributed by atoms with van der Waals surface area (Å²) in [5.41, 5.74) is 1.46. The molecule has 1 heterocycles. The second-order valence-corrected chi connectivity index (χ2v) is 5.75. The van der Waals surface area contributed by atoms with E-state index in [1.165, 1.54) is 4.68 Å². The maximum atomic E-state index is 12.1. The summed E-state index contributed by atoms with van der Waals surface area (Å²) in [7, 11) is 1.60. The van der Waals surface area contributed by atoms with Crippen LogP contribution in [0.1, 0.15) is 11.3 Å². The maximum Gasteiger partial charge on any atom is 0.274 e. The van der Waals surface area contributed by atoms with E-state index in [1.54, 1.807) is 13.1 Å². The number of amides is 1. The highest BCUT2D eigenvalue weighted by molar-refractivity contribution is 5.84. The fraction of sp³-hybridized carbons (Fsp3) is 0.211. The lowest BCUT2D eigenvalue weighted by molar-refractivity contribution is -0.123. The van der Waals surface area contributed by atoms with Crippen LogP contribution in [0.3, 0.4) is 0 Å². The van der Waals surface area contributed by atoms with Crippen LogP contribution in [-0.4, -0.2) is 22.3 Å². The van der Waals surface area contributed by atoms with Crippen LogP contribution in [0.2, 0.25) is 0 Å². The Morgan fingerprint density at radius 3 is 2.56 bits per heavy atom. The molecule has 6 heteroatoms. The predicted molar refractivity (Wildman–Crippen MR) is 95.5 cm³/mol. The van der Waals surface area contributed by atoms with Crippen LogP contribution in [0.5, 0.6) is 5.75 Å². The molecule has 0 bridgehead atoms. The Bertz CT molecular complexity index is 979. The van der Waals surface area contributed by atoms with E-state index in [9.17, 15) is 9.59 Å². The summed E-state index contributed by atoms with van der Waals surface area (Å²) >= 11 is 0. The molecule has 1 amide bonds. The largest absolute Gasteiger partial charge is 0.484 e. The van der Waals surface area contributed by atoms with Crippen molar-refractivity contribution in [3.63, 3.8) is 0 Å². The summed E-state index contributed by atoms with van der Waals surface area (Å²) in [5.74, 6) is 0.436. The van der Waals surface area contributed by atoms with Crippen molar-refractivity contribution in [1.29, 1.82) is 0 Å². The standard InChI is InChI=1S/C19H19N3O3/c1-13-7-3-6-10-17(13)25-12-18(23)20-11-16-14-8-4-5-9-15(14)19(24)22(2)21-16/h3-10H,11-12H2,1-2H3,(H,20,23). The minimum Gasteiger partial charge on any atom is -0.484 e. The second-order valence-electron chi connectivity index (χ2n) is 5.75. The summed E-state index contributed by atoms with van der Waals surface area (Å²) in [6, 6.07) is 14.8. The van der Waals surface area contributed by atoms with Gasteiger partial charge in [0, 0.05) is 12.4 Å². The summed E-state index contributed by atoms with van der Waals surface area (Å²) in [5, 5.41) is 8.36. The number of fused-ring (bicyclic) bond motifs is 1. The van der Waals surface area contributed by atoms with E-state index in [-0.39, 0.29) is 24.6 Å². The van der Waals surface area contributed by atoms with Gasteiger partial charge in [0.2, 0.25) is 0 Å². The number of benzene rings is 2. The molecule has 25 heavy (non-hydrogen) atoms. The molecule has 0 radical (unpaired) electrons. The topological polar surface area (TPSA) is 73.2 Å². The quantitative estimate of drug-likeness (QED) is 0.772. The molecule has 0 unspecified atom stereocenters. The molecule has 0 aliphatic heterocycles. The van der Waals surface area contributed by atoms with Gasteiger partial charge >= 0.3 is 0 Å². The van der Waals surface area contributed by atoms with Crippen LogP contribution in [0.15, 0.2) is 53.3 Å². The van der Waals surface area contributed by atoms with E-state index >= 15 is 0 Å². The van der Waals surface area contributed by atoms with Gasteiger partial charge in [-0.15, -0.1) is 0 Å². The monoisotopic (exact) mass is 337 g/mol. The first-order valence-electron chi connectivity index (χ1n) is 7.96. The zero-order chi connectivity index (χ0) is 17.8. The predicted octanol–water partition coefficient (Wildman–Crippen LogP) is 1.94. The molecule has 0 aliphatic rings. The first-order valence-corrected chi connectivity index (χ1v) is 7.96. The van der Waals surface area contributed by atoms with Gasteiger partial charge < -0.3 is 10.1 Å². The smallest absolute Gasteiger partial charge is 0.274 e. The lowest BCUT2D eigenvalue weighted by Crippen LogP contribution is -2.30. The number of ether oxygens (including phenoxy) is 1. The Kier molecular flexibility index (Phi) is 4.79. The number of nitrogens with zero attached hydrogens (tertiary/aromatic N) is 2. The fourth-order valence-electron chi connectivity index (χ4n) is 2.60. The highest BCUT2D eigenvalue weighted by Gasteiger charge is 2.10. The molecule has 2 aromatic carbocycles. The zero-order valence-corrected chi connectivity index (χ0v) is 14.2. The van der Waals surface area contributed by atoms with Crippen molar-refractivity contribution in [3.05, 3.63) is 70.1 Å². The molecule has 0 saturated carbocycles. The number of para-hydroxylation sites is 1. The lowest BCUT2D eigenvalue weighted by atomic mass is 10.1. The average molecular weight is 337 g/mol. The van der Waals surface area contributed by atoms with Crippen molar-refractivity contribution in [2.24, 2.45) is 7.05 Å². The Balaban J connectivity index is 1.69. The summed E-state index contributed by atoms with van der Waals surface area (Å²) in [4.78, 5) is 24.2. The van der Waals surface area contributed by atoms with Crippen molar-refractivity contribution < 1.29 is 9.53 Å². The van der Waals surface area contributed by atoms with Crippen molar-refractivity contribution >= 4 is 16.7 Å². The van der Waals surface area contributed by atoms with Crippen LogP contribution in [0, 0.1) is 6.92 Å². The van der Waals surface area contributed by atoms with Crippen LogP contribution in [-0.2, 0) is 18.4 Å². The van der Waals surface area contributed by atoms with Crippen molar-refractivity contribution in [1.82, 2.24) is 15.1 Å². The molecule has 0 spiro atoms. The minimum absolute atomic E-state index is 0.0749. The first kappa shape index (κ1) is 16.7. The van der Waals surface area contributed by atoms with E-state index < -0.39 is 0 Å². The van der Waals surface area contributed by atoms with Gasteiger partial charge in [0.15, 0.2) is 6.61 Å². The zero-order valence-electron chi connectivity index (χ0n) is 14.2. The molecule has 3 rings (SSSR count). The number of nitrogens with one attached hydrogen (secondary N) is 1. The third-order valence-corrected chi connectivity index (χ3v) is 3.94. The highest BCUT2D eigenvalue weighted by Crippen LogP contribution is 2.16. The molecule has 3 aromatic rings. The van der Waals surface area contributed by atoms with Crippen LogP contribution in [0.4, 0.5) is 0 Å². The van der Waals surface area contributed by atoms with E-state index in [4.69, 9.17) is 4.74 Å². The molecule has 0 aliphatic carbocycles. The molecule has 0 saturated heterocycles. The van der Waals surface area contributed by atoms with Gasteiger partial charge in [0.1, 0.15) is 5.75 Å². The Morgan fingerprint density at radius 2 is 1.80 bits per heavy atom. The van der Waals surface area contributed by atoms with Crippen LogP contribution < -0.4 is 15.6 Å². The molecule has 0 atom stereocenters. The van der Waals surface area contributed by atoms with Crippen LogP contribution in [0.25, 0.3) is 10.8 Å².